The van der Waals surface area contributed by atoms with E-state index in [9.17, 15) is 9.59 Å². The molecule has 0 fully saturated rings. The average Bonchev–Trinajstić information content (AvgIpc) is 3.16. The van der Waals surface area contributed by atoms with Crippen LogP contribution in [0.2, 0.25) is 0 Å². The molecule has 6 heteroatoms. The number of hydrogen-bond donors (Lipinski definition) is 0. The summed E-state index contributed by atoms with van der Waals surface area (Å²) >= 11 is 1.46. The monoisotopic (exact) mass is 412 g/mol. The van der Waals surface area contributed by atoms with Crippen molar-refractivity contribution in [2.45, 2.75) is 45.6 Å². The summed E-state index contributed by atoms with van der Waals surface area (Å²) in [6, 6.07) is 9.89. The van der Waals surface area contributed by atoms with Crippen LogP contribution in [-0.2, 0) is 22.5 Å². The summed E-state index contributed by atoms with van der Waals surface area (Å²) in [5, 5.41) is 0.473. The SMILES string of the molecule is CCOC(=O)c1nc2c(s1)CN(CCCCCC(=O)/C=C/c1ccccc1)CC2. The summed E-state index contributed by atoms with van der Waals surface area (Å²) in [5.41, 5.74) is 2.10. The summed E-state index contributed by atoms with van der Waals surface area (Å²) in [4.78, 5) is 31.9. The molecule has 0 amide bonds. The first-order valence-corrected chi connectivity index (χ1v) is 11.1. The summed E-state index contributed by atoms with van der Waals surface area (Å²) in [5.74, 6) is -0.128. The molecule has 0 spiro atoms. The highest BCUT2D eigenvalue weighted by molar-refractivity contribution is 7.13. The first-order valence-electron chi connectivity index (χ1n) is 10.3. The minimum Gasteiger partial charge on any atom is -0.461 e. The Kier molecular flexibility index (Phi) is 8.14. The standard InChI is InChI=1S/C23H28N2O3S/c1-2-28-23(27)22-24-20-14-16-25(17-21(20)29-22)15-8-4-7-11-19(26)13-12-18-9-5-3-6-10-18/h3,5-6,9-10,12-13H,2,4,7-8,11,14-17H2,1H3/b13-12+. The molecule has 1 aliphatic heterocycles. The lowest BCUT2D eigenvalue weighted by Crippen LogP contribution is -2.30. The number of ketones is 1. The number of thiazole rings is 1. The Morgan fingerprint density at radius 2 is 2.03 bits per heavy atom. The maximum atomic E-state index is 12.0. The van der Waals surface area contributed by atoms with Gasteiger partial charge in [0, 0.05) is 30.8 Å². The molecule has 0 aliphatic carbocycles. The zero-order chi connectivity index (χ0) is 20.5. The Balaban J connectivity index is 1.34. The number of fused-ring (bicyclic) bond motifs is 1. The number of benzene rings is 1. The molecule has 0 saturated heterocycles. The highest BCUT2D eigenvalue weighted by Gasteiger charge is 2.23. The molecule has 0 unspecified atom stereocenters. The van der Waals surface area contributed by atoms with E-state index in [4.69, 9.17) is 4.74 Å². The van der Waals surface area contributed by atoms with Crippen molar-refractivity contribution in [3.05, 3.63) is 57.6 Å². The average molecular weight is 413 g/mol. The second kappa shape index (κ2) is 11.0. The highest BCUT2D eigenvalue weighted by atomic mass is 32.1. The van der Waals surface area contributed by atoms with Gasteiger partial charge in [-0.05, 0) is 37.9 Å². The smallest absolute Gasteiger partial charge is 0.367 e. The molecule has 0 bridgehead atoms. The number of carbonyl (C=O) groups excluding carboxylic acids is 2. The van der Waals surface area contributed by atoms with Crippen molar-refractivity contribution in [2.75, 3.05) is 19.7 Å². The lowest BCUT2D eigenvalue weighted by atomic mass is 10.1. The van der Waals surface area contributed by atoms with Gasteiger partial charge < -0.3 is 4.74 Å². The van der Waals surface area contributed by atoms with Gasteiger partial charge in [-0.2, -0.15) is 0 Å². The maximum Gasteiger partial charge on any atom is 0.367 e. The molecule has 2 heterocycles. The van der Waals surface area contributed by atoms with E-state index < -0.39 is 0 Å². The molecular formula is C23H28N2O3S. The Hall–Kier alpha value is -2.31. The second-order valence-electron chi connectivity index (χ2n) is 7.16. The van der Waals surface area contributed by atoms with Gasteiger partial charge in [0.05, 0.1) is 12.3 Å². The number of allylic oxidation sites excluding steroid dienone is 1. The van der Waals surface area contributed by atoms with Crippen molar-refractivity contribution in [1.29, 1.82) is 0 Å². The fourth-order valence-corrected chi connectivity index (χ4v) is 4.41. The van der Waals surface area contributed by atoms with Gasteiger partial charge in [-0.1, -0.05) is 42.8 Å². The predicted octanol–water partition coefficient (Wildman–Crippen LogP) is 4.52. The minimum absolute atomic E-state index is 0.188. The van der Waals surface area contributed by atoms with Crippen LogP contribution in [0.5, 0.6) is 0 Å². The van der Waals surface area contributed by atoms with Crippen LogP contribution in [0.15, 0.2) is 36.4 Å². The van der Waals surface area contributed by atoms with Gasteiger partial charge in [-0.25, -0.2) is 9.78 Å². The van der Waals surface area contributed by atoms with Crippen LogP contribution in [0.4, 0.5) is 0 Å². The number of rotatable bonds is 10. The van der Waals surface area contributed by atoms with E-state index >= 15 is 0 Å². The first-order chi connectivity index (χ1) is 14.2. The molecule has 1 aromatic carbocycles. The van der Waals surface area contributed by atoms with Crippen LogP contribution in [0.1, 0.15) is 58.5 Å². The van der Waals surface area contributed by atoms with Gasteiger partial charge in [0.2, 0.25) is 5.01 Å². The number of hydrogen-bond acceptors (Lipinski definition) is 6. The van der Waals surface area contributed by atoms with E-state index in [1.807, 2.05) is 36.4 Å². The van der Waals surface area contributed by atoms with E-state index in [-0.39, 0.29) is 11.8 Å². The zero-order valence-corrected chi connectivity index (χ0v) is 17.7. The van der Waals surface area contributed by atoms with E-state index in [2.05, 4.69) is 9.88 Å². The van der Waals surface area contributed by atoms with Gasteiger partial charge in [0.15, 0.2) is 5.78 Å². The number of ether oxygens (including phenoxy) is 1. The molecule has 1 aliphatic rings. The number of unbranched alkanes of at least 4 members (excludes halogenated alkanes) is 2. The molecule has 0 radical (unpaired) electrons. The topological polar surface area (TPSA) is 59.5 Å². The van der Waals surface area contributed by atoms with Crippen molar-refractivity contribution < 1.29 is 14.3 Å². The Bertz CT molecular complexity index is 845. The Morgan fingerprint density at radius 3 is 2.83 bits per heavy atom. The number of carbonyl (C=O) groups is 2. The lowest BCUT2D eigenvalue weighted by Gasteiger charge is -2.25. The van der Waals surface area contributed by atoms with Crippen LogP contribution < -0.4 is 0 Å². The first kappa shape index (κ1) is 21.4. The van der Waals surface area contributed by atoms with Crippen molar-refractivity contribution in [1.82, 2.24) is 9.88 Å². The van der Waals surface area contributed by atoms with E-state index in [0.717, 1.165) is 56.6 Å². The molecule has 0 N–H and O–H groups in total. The molecule has 0 atom stereocenters. The largest absolute Gasteiger partial charge is 0.461 e. The van der Waals surface area contributed by atoms with Crippen molar-refractivity contribution in [2.24, 2.45) is 0 Å². The van der Waals surface area contributed by atoms with Crippen molar-refractivity contribution in [3.8, 4) is 0 Å². The number of esters is 1. The summed E-state index contributed by atoms with van der Waals surface area (Å²) < 4.78 is 5.05. The molecule has 0 saturated carbocycles. The van der Waals surface area contributed by atoms with Gasteiger partial charge in [0.25, 0.3) is 0 Å². The summed E-state index contributed by atoms with van der Waals surface area (Å²) in [7, 11) is 0. The Morgan fingerprint density at radius 1 is 1.21 bits per heavy atom. The molecule has 5 nitrogen and oxygen atoms in total. The van der Waals surface area contributed by atoms with Crippen LogP contribution >= 0.6 is 11.3 Å². The molecule has 29 heavy (non-hydrogen) atoms. The van der Waals surface area contributed by atoms with E-state index in [1.54, 1.807) is 13.0 Å². The maximum absolute atomic E-state index is 12.0. The third kappa shape index (κ3) is 6.61. The van der Waals surface area contributed by atoms with Gasteiger partial charge in [0.1, 0.15) is 0 Å². The van der Waals surface area contributed by atoms with Crippen LogP contribution in [0.25, 0.3) is 6.08 Å². The Labute approximate surface area is 176 Å². The molecule has 3 rings (SSSR count). The van der Waals surface area contributed by atoms with Crippen molar-refractivity contribution >= 4 is 29.2 Å². The second-order valence-corrected chi connectivity index (χ2v) is 8.24. The predicted molar refractivity (Wildman–Crippen MR) is 116 cm³/mol. The zero-order valence-electron chi connectivity index (χ0n) is 16.9. The fourth-order valence-electron chi connectivity index (χ4n) is 3.37. The van der Waals surface area contributed by atoms with E-state index in [0.29, 0.717) is 18.0 Å². The molecular weight excluding hydrogens is 384 g/mol. The van der Waals surface area contributed by atoms with Crippen LogP contribution in [0, 0.1) is 0 Å². The normalized spacial score (nSPS) is 14.1. The van der Waals surface area contributed by atoms with E-state index in [1.165, 1.54) is 16.2 Å². The third-order valence-electron chi connectivity index (χ3n) is 4.92. The third-order valence-corrected chi connectivity index (χ3v) is 5.98. The molecule has 2 aromatic rings. The van der Waals surface area contributed by atoms with Gasteiger partial charge in [-0.15, -0.1) is 11.3 Å². The van der Waals surface area contributed by atoms with Gasteiger partial charge >= 0.3 is 5.97 Å². The van der Waals surface area contributed by atoms with Crippen LogP contribution in [0.3, 0.4) is 0 Å². The number of nitrogens with zero attached hydrogens (tertiary/aromatic N) is 2. The number of aromatic nitrogens is 1. The highest BCUT2D eigenvalue weighted by Crippen LogP contribution is 2.26. The summed E-state index contributed by atoms with van der Waals surface area (Å²) in [6.45, 7) is 5.02. The lowest BCUT2D eigenvalue weighted by molar-refractivity contribution is -0.114. The molecule has 154 valence electrons. The quantitative estimate of drug-likeness (QED) is 0.326. The summed E-state index contributed by atoms with van der Waals surface area (Å²) in [6.07, 6.45) is 8.10. The molecule has 1 aromatic heterocycles. The minimum atomic E-state index is -0.315. The fraction of sp³-hybridized carbons (Fsp3) is 0.435. The van der Waals surface area contributed by atoms with Gasteiger partial charge in [-0.3, -0.25) is 9.69 Å². The van der Waals surface area contributed by atoms with Crippen molar-refractivity contribution in [3.63, 3.8) is 0 Å². The van der Waals surface area contributed by atoms with Crippen LogP contribution in [-0.4, -0.2) is 41.3 Å².